The van der Waals surface area contributed by atoms with Gasteiger partial charge < -0.3 is 24.3 Å². The zero-order chi connectivity index (χ0) is 18.9. The summed E-state index contributed by atoms with van der Waals surface area (Å²) >= 11 is 0. The molecule has 0 atom stereocenters. The zero-order valence-electron chi connectivity index (χ0n) is 15.5. The van der Waals surface area contributed by atoms with E-state index in [0.717, 1.165) is 43.7 Å². The molecule has 0 saturated carbocycles. The molecule has 144 valence electrons. The summed E-state index contributed by atoms with van der Waals surface area (Å²) in [5, 5.41) is 2.96. The fourth-order valence-corrected chi connectivity index (χ4v) is 3.93. The first kappa shape index (κ1) is 16.9. The maximum absolute atomic E-state index is 12.6. The molecule has 2 aliphatic rings. The van der Waals surface area contributed by atoms with E-state index in [4.69, 9.17) is 9.47 Å². The van der Waals surface area contributed by atoms with E-state index in [1.54, 1.807) is 6.07 Å². The van der Waals surface area contributed by atoms with Gasteiger partial charge in [0.25, 0.3) is 0 Å². The van der Waals surface area contributed by atoms with Gasteiger partial charge in [-0.2, -0.15) is 0 Å². The van der Waals surface area contributed by atoms with Crippen molar-refractivity contribution in [2.45, 2.75) is 19.4 Å². The number of para-hydroxylation sites is 2. The van der Waals surface area contributed by atoms with Crippen LogP contribution in [-0.2, 0) is 6.54 Å². The van der Waals surface area contributed by atoms with Crippen molar-refractivity contribution in [2.75, 3.05) is 25.2 Å². The van der Waals surface area contributed by atoms with Crippen molar-refractivity contribution >= 4 is 22.8 Å². The first-order valence-corrected chi connectivity index (χ1v) is 9.62. The van der Waals surface area contributed by atoms with Crippen LogP contribution in [0.3, 0.4) is 0 Å². The number of nitrogens with one attached hydrogen (secondary N) is 1. The Kier molecular flexibility index (Phi) is 4.27. The Balaban J connectivity index is 1.17. The van der Waals surface area contributed by atoms with Gasteiger partial charge in [-0.25, -0.2) is 9.78 Å². The summed E-state index contributed by atoms with van der Waals surface area (Å²) in [4.78, 5) is 18.9. The smallest absolute Gasteiger partial charge is 0.321 e. The summed E-state index contributed by atoms with van der Waals surface area (Å²) in [5.41, 5.74) is 2.93. The Morgan fingerprint density at radius 2 is 1.93 bits per heavy atom. The highest BCUT2D eigenvalue weighted by molar-refractivity contribution is 5.89. The van der Waals surface area contributed by atoms with Crippen LogP contribution in [0.2, 0.25) is 0 Å². The molecule has 2 amide bonds. The van der Waals surface area contributed by atoms with Gasteiger partial charge in [0.05, 0.1) is 17.4 Å². The van der Waals surface area contributed by atoms with Crippen LogP contribution in [0.1, 0.15) is 12.8 Å². The highest BCUT2D eigenvalue weighted by Gasteiger charge is 2.24. The lowest BCUT2D eigenvalue weighted by atomic mass is 9.97. The van der Waals surface area contributed by atoms with Crippen molar-refractivity contribution in [3.8, 4) is 11.5 Å². The van der Waals surface area contributed by atoms with Crippen LogP contribution in [0.5, 0.6) is 11.5 Å². The second kappa shape index (κ2) is 7.07. The molecule has 0 aliphatic carbocycles. The molecule has 5 rings (SSSR count). The van der Waals surface area contributed by atoms with E-state index < -0.39 is 0 Å². The number of urea groups is 1. The predicted octanol–water partition coefficient (Wildman–Crippen LogP) is 3.71. The van der Waals surface area contributed by atoms with E-state index in [1.165, 1.54) is 5.52 Å². The SMILES string of the molecule is O=C(Nc1ccc2c(c1)OCO2)N1CCC(Cn2cnc3ccccc32)CC1. The quantitative estimate of drug-likeness (QED) is 0.754. The Bertz CT molecular complexity index is 1010. The number of carbonyl (C=O) groups is 1. The average molecular weight is 378 g/mol. The predicted molar refractivity (Wildman–Crippen MR) is 106 cm³/mol. The number of hydrogen-bond donors (Lipinski definition) is 1. The average Bonchev–Trinajstić information content (AvgIpc) is 3.35. The van der Waals surface area contributed by atoms with Crippen molar-refractivity contribution in [3.63, 3.8) is 0 Å². The third-order valence-electron chi connectivity index (χ3n) is 5.51. The van der Waals surface area contributed by atoms with Crippen LogP contribution in [0.25, 0.3) is 11.0 Å². The lowest BCUT2D eigenvalue weighted by molar-refractivity contribution is 0.174. The van der Waals surface area contributed by atoms with Gasteiger partial charge >= 0.3 is 6.03 Å². The standard InChI is InChI=1S/C21H22N4O3/c26-21(23-16-5-6-19-20(11-16)28-14-27-19)24-9-7-15(8-10-24)12-25-13-22-17-3-1-2-4-18(17)25/h1-6,11,13,15H,7-10,12,14H2,(H,23,26). The van der Waals surface area contributed by atoms with Gasteiger partial charge in [0.15, 0.2) is 11.5 Å². The molecule has 3 heterocycles. The lowest BCUT2D eigenvalue weighted by Crippen LogP contribution is -2.41. The summed E-state index contributed by atoms with van der Waals surface area (Å²) < 4.78 is 12.9. The van der Waals surface area contributed by atoms with Gasteiger partial charge in [-0.15, -0.1) is 0 Å². The number of ether oxygens (including phenoxy) is 2. The number of imidazole rings is 1. The molecule has 0 unspecified atom stereocenters. The highest BCUT2D eigenvalue weighted by atomic mass is 16.7. The molecule has 7 nitrogen and oxygen atoms in total. The van der Waals surface area contributed by atoms with E-state index in [0.29, 0.717) is 17.4 Å². The van der Waals surface area contributed by atoms with Crippen LogP contribution in [0.4, 0.5) is 10.5 Å². The fourth-order valence-electron chi connectivity index (χ4n) is 3.93. The van der Waals surface area contributed by atoms with Crippen LogP contribution >= 0.6 is 0 Å². The molecule has 0 bridgehead atoms. The van der Waals surface area contributed by atoms with Gasteiger partial charge in [-0.1, -0.05) is 12.1 Å². The van der Waals surface area contributed by atoms with Gasteiger partial charge in [-0.3, -0.25) is 0 Å². The summed E-state index contributed by atoms with van der Waals surface area (Å²) in [6, 6.07) is 13.6. The highest BCUT2D eigenvalue weighted by Crippen LogP contribution is 2.34. The summed E-state index contributed by atoms with van der Waals surface area (Å²) in [6.45, 7) is 2.69. The second-order valence-corrected chi connectivity index (χ2v) is 7.31. The Morgan fingerprint density at radius 3 is 2.82 bits per heavy atom. The van der Waals surface area contributed by atoms with Crippen molar-refractivity contribution < 1.29 is 14.3 Å². The Hall–Kier alpha value is -3.22. The number of anilines is 1. The van der Waals surface area contributed by atoms with Crippen molar-refractivity contribution in [2.24, 2.45) is 5.92 Å². The second-order valence-electron chi connectivity index (χ2n) is 7.31. The van der Waals surface area contributed by atoms with Crippen LogP contribution in [0, 0.1) is 5.92 Å². The largest absolute Gasteiger partial charge is 0.454 e. The molecule has 1 saturated heterocycles. The zero-order valence-corrected chi connectivity index (χ0v) is 15.5. The monoisotopic (exact) mass is 378 g/mol. The first-order valence-electron chi connectivity index (χ1n) is 9.62. The number of carbonyl (C=O) groups excluding carboxylic acids is 1. The topological polar surface area (TPSA) is 68.6 Å². The van der Waals surface area contributed by atoms with Crippen LogP contribution in [0.15, 0.2) is 48.8 Å². The molecule has 1 aromatic heterocycles. The number of hydrogen-bond acceptors (Lipinski definition) is 4. The van der Waals surface area contributed by atoms with E-state index in [2.05, 4.69) is 20.9 Å². The van der Waals surface area contributed by atoms with E-state index >= 15 is 0 Å². The number of aromatic nitrogens is 2. The number of benzene rings is 2. The van der Waals surface area contributed by atoms with Gasteiger partial charge in [0.1, 0.15) is 0 Å². The summed E-state index contributed by atoms with van der Waals surface area (Å²) in [5.74, 6) is 1.93. The molecule has 2 aromatic carbocycles. The molecule has 0 spiro atoms. The van der Waals surface area contributed by atoms with Gasteiger partial charge in [0.2, 0.25) is 6.79 Å². The number of nitrogens with zero attached hydrogens (tertiary/aromatic N) is 3. The minimum absolute atomic E-state index is 0.0644. The third-order valence-corrected chi connectivity index (χ3v) is 5.51. The molecular weight excluding hydrogens is 356 g/mol. The fraction of sp³-hybridized carbons (Fsp3) is 0.333. The maximum Gasteiger partial charge on any atom is 0.321 e. The van der Waals surface area contributed by atoms with Gasteiger partial charge in [0, 0.05) is 31.4 Å². The molecule has 2 aliphatic heterocycles. The number of fused-ring (bicyclic) bond motifs is 2. The van der Waals surface area contributed by atoms with E-state index in [-0.39, 0.29) is 12.8 Å². The van der Waals surface area contributed by atoms with Crippen molar-refractivity contribution in [1.82, 2.24) is 14.5 Å². The van der Waals surface area contributed by atoms with Crippen molar-refractivity contribution in [1.29, 1.82) is 0 Å². The normalized spacial score (nSPS) is 16.5. The minimum atomic E-state index is -0.0644. The maximum atomic E-state index is 12.6. The number of amides is 2. The Labute approximate surface area is 162 Å². The van der Waals surface area contributed by atoms with Crippen LogP contribution in [-0.4, -0.2) is 40.4 Å². The number of piperidine rings is 1. The molecule has 3 aromatic rings. The molecule has 0 radical (unpaired) electrons. The number of rotatable bonds is 3. The first-order chi connectivity index (χ1) is 13.8. The number of likely N-dealkylation sites (tertiary alicyclic amines) is 1. The third kappa shape index (κ3) is 3.24. The minimum Gasteiger partial charge on any atom is -0.454 e. The Morgan fingerprint density at radius 1 is 1.11 bits per heavy atom. The molecule has 1 fully saturated rings. The van der Waals surface area contributed by atoms with Crippen molar-refractivity contribution in [3.05, 3.63) is 48.8 Å². The van der Waals surface area contributed by atoms with Crippen LogP contribution < -0.4 is 14.8 Å². The lowest BCUT2D eigenvalue weighted by Gasteiger charge is -2.32. The molecular formula is C21H22N4O3. The van der Waals surface area contributed by atoms with Gasteiger partial charge in [-0.05, 0) is 43.0 Å². The summed E-state index contributed by atoms with van der Waals surface area (Å²) in [6.07, 6.45) is 3.89. The van der Waals surface area contributed by atoms with E-state index in [9.17, 15) is 4.79 Å². The summed E-state index contributed by atoms with van der Waals surface area (Å²) in [7, 11) is 0. The van der Waals surface area contributed by atoms with E-state index in [1.807, 2.05) is 41.6 Å². The molecule has 1 N–H and O–H groups in total. The molecule has 28 heavy (non-hydrogen) atoms. The molecule has 7 heteroatoms.